The second-order valence-corrected chi connectivity index (χ2v) is 3.19. The highest BCUT2D eigenvalue weighted by atomic mass is 16.5. The van der Waals surface area contributed by atoms with E-state index in [0.29, 0.717) is 17.0 Å². The maximum absolute atomic E-state index is 11.3. The molecule has 0 aliphatic carbocycles. The minimum absolute atomic E-state index is 0.0153. The number of imidazole rings is 1. The monoisotopic (exact) mass is 218 g/mol. The molecule has 0 bridgehead atoms. The van der Waals surface area contributed by atoms with Gasteiger partial charge in [0, 0.05) is 5.56 Å². The van der Waals surface area contributed by atoms with Crippen molar-refractivity contribution in [1.29, 1.82) is 0 Å². The number of aromatic nitrogens is 2. The zero-order valence-electron chi connectivity index (χ0n) is 8.60. The first-order valence-corrected chi connectivity index (χ1v) is 4.63. The van der Waals surface area contributed by atoms with Crippen LogP contribution in [0.3, 0.4) is 0 Å². The third kappa shape index (κ3) is 1.88. The molecule has 16 heavy (non-hydrogen) atoms. The summed E-state index contributed by atoms with van der Waals surface area (Å²) >= 11 is 0. The molecule has 0 saturated carbocycles. The van der Waals surface area contributed by atoms with Gasteiger partial charge in [0.25, 0.3) is 0 Å². The summed E-state index contributed by atoms with van der Waals surface area (Å²) in [5.74, 6) is 0.0827. The molecule has 1 aromatic heterocycles. The largest absolute Gasteiger partial charge is 0.493 e. The van der Waals surface area contributed by atoms with E-state index in [1.165, 1.54) is 13.3 Å². The molecule has 5 nitrogen and oxygen atoms in total. The molecule has 0 aliphatic heterocycles. The lowest BCUT2D eigenvalue weighted by molar-refractivity contribution is 0.0601. The van der Waals surface area contributed by atoms with Gasteiger partial charge in [0.2, 0.25) is 5.88 Å². The lowest BCUT2D eigenvalue weighted by Crippen LogP contribution is -2.00. The highest BCUT2D eigenvalue weighted by Gasteiger charge is 2.08. The number of nitrogens with zero attached hydrogens (tertiary/aromatic N) is 1. The maximum Gasteiger partial charge on any atom is 0.337 e. The van der Waals surface area contributed by atoms with Gasteiger partial charge in [0.05, 0.1) is 18.9 Å². The number of hydrogen-bond acceptors (Lipinski definition) is 4. The van der Waals surface area contributed by atoms with Crippen LogP contribution < -0.4 is 0 Å². The third-order valence-electron chi connectivity index (χ3n) is 2.12. The SMILES string of the molecule is COC(=O)c1cccc(-c2ncc(O)[nH]2)c1. The molecule has 0 fully saturated rings. The van der Waals surface area contributed by atoms with Crippen molar-refractivity contribution in [3.8, 4) is 17.3 Å². The van der Waals surface area contributed by atoms with Gasteiger partial charge < -0.3 is 14.8 Å². The molecule has 5 heteroatoms. The Balaban J connectivity index is 2.39. The molecule has 0 saturated heterocycles. The standard InChI is InChI=1S/C11H10N2O3/c1-16-11(15)8-4-2-3-7(5-8)10-12-6-9(14)13-10/h2-6,14H,1H3,(H,12,13). The van der Waals surface area contributed by atoms with Gasteiger partial charge >= 0.3 is 5.97 Å². The van der Waals surface area contributed by atoms with Crippen LogP contribution in [0.1, 0.15) is 10.4 Å². The first kappa shape index (κ1) is 10.2. The second kappa shape index (κ2) is 4.06. The summed E-state index contributed by atoms with van der Waals surface area (Å²) in [7, 11) is 1.33. The van der Waals surface area contributed by atoms with Crippen molar-refractivity contribution in [3.63, 3.8) is 0 Å². The van der Waals surface area contributed by atoms with Crippen LogP contribution >= 0.6 is 0 Å². The van der Waals surface area contributed by atoms with Crippen molar-refractivity contribution in [2.24, 2.45) is 0 Å². The van der Waals surface area contributed by atoms with Crippen LogP contribution in [0.15, 0.2) is 30.5 Å². The van der Waals surface area contributed by atoms with Crippen LogP contribution in [0.4, 0.5) is 0 Å². The Kier molecular flexibility index (Phi) is 2.59. The zero-order valence-corrected chi connectivity index (χ0v) is 8.60. The second-order valence-electron chi connectivity index (χ2n) is 3.19. The minimum Gasteiger partial charge on any atom is -0.493 e. The van der Waals surface area contributed by atoms with E-state index in [1.54, 1.807) is 24.3 Å². The van der Waals surface area contributed by atoms with Crippen LogP contribution in [0.5, 0.6) is 5.88 Å². The molecule has 2 rings (SSSR count). The Morgan fingerprint density at radius 1 is 1.50 bits per heavy atom. The molecule has 0 spiro atoms. The summed E-state index contributed by atoms with van der Waals surface area (Å²) in [4.78, 5) is 17.9. The first-order valence-electron chi connectivity index (χ1n) is 4.63. The highest BCUT2D eigenvalue weighted by molar-refractivity contribution is 5.90. The van der Waals surface area contributed by atoms with E-state index >= 15 is 0 Å². The maximum atomic E-state index is 11.3. The Bertz CT molecular complexity index is 519. The fourth-order valence-electron chi connectivity index (χ4n) is 1.37. The molecular formula is C11H10N2O3. The van der Waals surface area contributed by atoms with E-state index in [2.05, 4.69) is 14.7 Å². The van der Waals surface area contributed by atoms with Crippen molar-refractivity contribution in [1.82, 2.24) is 9.97 Å². The summed E-state index contributed by atoms with van der Waals surface area (Å²) < 4.78 is 4.61. The first-order chi connectivity index (χ1) is 7.70. The van der Waals surface area contributed by atoms with E-state index in [0.717, 1.165) is 0 Å². The summed E-state index contributed by atoms with van der Waals surface area (Å²) in [6, 6.07) is 6.80. The summed E-state index contributed by atoms with van der Waals surface area (Å²) in [5, 5.41) is 9.13. The Labute approximate surface area is 91.7 Å². The molecule has 2 aromatic rings. The number of aromatic hydroxyl groups is 1. The number of hydrogen-bond donors (Lipinski definition) is 2. The molecule has 0 unspecified atom stereocenters. The zero-order chi connectivity index (χ0) is 11.5. The van der Waals surface area contributed by atoms with Crippen LogP contribution in [0.2, 0.25) is 0 Å². The van der Waals surface area contributed by atoms with Gasteiger partial charge in [-0.3, -0.25) is 0 Å². The van der Waals surface area contributed by atoms with E-state index in [-0.39, 0.29) is 5.88 Å². The molecule has 2 N–H and O–H groups in total. The molecule has 1 heterocycles. The molecule has 0 aliphatic rings. The summed E-state index contributed by atoms with van der Waals surface area (Å²) in [6.07, 6.45) is 1.31. The van der Waals surface area contributed by atoms with E-state index < -0.39 is 5.97 Å². The van der Waals surface area contributed by atoms with Gasteiger partial charge in [0.1, 0.15) is 5.82 Å². The predicted molar refractivity (Wildman–Crippen MR) is 57.0 cm³/mol. The Morgan fingerprint density at radius 3 is 2.94 bits per heavy atom. The molecule has 0 amide bonds. The average molecular weight is 218 g/mol. The van der Waals surface area contributed by atoms with Gasteiger partial charge in [-0.1, -0.05) is 12.1 Å². The number of ether oxygens (including phenoxy) is 1. The minimum atomic E-state index is -0.405. The van der Waals surface area contributed by atoms with Crippen molar-refractivity contribution >= 4 is 5.97 Å². The molecular weight excluding hydrogens is 208 g/mol. The number of carbonyl (C=O) groups is 1. The number of H-pyrrole nitrogens is 1. The Morgan fingerprint density at radius 2 is 2.31 bits per heavy atom. The summed E-state index contributed by atoms with van der Waals surface area (Å²) in [5.41, 5.74) is 1.15. The van der Waals surface area contributed by atoms with Crippen molar-refractivity contribution in [2.45, 2.75) is 0 Å². The smallest absolute Gasteiger partial charge is 0.337 e. The van der Waals surface area contributed by atoms with Gasteiger partial charge in [-0.25, -0.2) is 9.78 Å². The molecule has 82 valence electrons. The molecule has 0 atom stereocenters. The van der Waals surface area contributed by atoms with E-state index in [4.69, 9.17) is 5.11 Å². The number of nitrogens with one attached hydrogen (secondary N) is 1. The highest BCUT2D eigenvalue weighted by Crippen LogP contribution is 2.19. The quantitative estimate of drug-likeness (QED) is 0.750. The van der Waals surface area contributed by atoms with Gasteiger partial charge in [0.15, 0.2) is 0 Å². The van der Waals surface area contributed by atoms with Crippen molar-refractivity contribution in [2.75, 3.05) is 7.11 Å². The van der Waals surface area contributed by atoms with E-state index in [1.807, 2.05) is 0 Å². The molecule has 1 aromatic carbocycles. The number of carbonyl (C=O) groups excluding carboxylic acids is 1. The van der Waals surface area contributed by atoms with E-state index in [9.17, 15) is 4.79 Å². The summed E-state index contributed by atoms with van der Waals surface area (Å²) in [6.45, 7) is 0. The van der Waals surface area contributed by atoms with Gasteiger partial charge in [-0.05, 0) is 12.1 Å². The van der Waals surface area contributed by atoms with Crippen LogP contribution in [0.25, 0.3) is 11.4 Å². The van der Waals surface area contributed by atoms with Crippen LogP contribution in [-0.2, 0) is 4.74 Å². The van der Waals surface area contributed by atoms with Gasteiger partial charge in [-0.15, -0.1) is 0 Å². The fraction of sp³-hybridized carbons (Fsp3) is 0.0909. The van der Waals surface area contributed by atoms with Crippen molar-refractivity contribution in [3.05, 3.63) is 36.0 Å². The van der Waals surface area contributed by atoms with Crippen LogP contribution in [0, 0.1) is 0 Å². The fourth-order valence-corrected chi connectivity index (χ4v) is 1.37. The lowest BCUT2D eigenvalue weighted by Gasteiger charge is -2.01. The number of methoxy groups -OCH3 is 1. The number of aromatic amines is 1. The number of rotatable bonds is 2. The normalized spacial score (nSPS) is 10.1. The van der Waals surface area contributed by atoms with Crippen molar-refractivity contribution < 1.29 is 14.6 Å². The topological polar surface area (TPSA) is 75.2 Å². The van der Waals surface area contributed by atoms with Crippen LogP contribution in [-0.4, -0.2) is 28.2 Å². The lowest BCUT2D eigenvalue weighted by atomic mass is 10.1. The van der Waals surface area contributed by atoms with Gasteiger partial charge in [-0.2, -0.15) is 0 Å². The Hall–Kier alpha value is -2.30. The number of benzene rings is 1. The predicted octanol–water partition coefficient (Wildman–Crippen LogP) is 1.57. The molecule has 0 radical (unpaired) electrons. The number of esters is 1. The average Bonchev–Trinajstić information content (AvgIpc) is 2.75. The third-order valence-corrected chi connectivity index (χ3v) is 2.12.